The second-order valence-corrected chi connectivity index (χ2v) is 7.03. The third-order valence-corrected chi connectivity index (χ3v) is 5.14. The molecule has 1 aliphatic rings. The van der Waals surface area contributed by atoms with Gasteiger partial charge in [-0.15, -0.1) is 0 Å². The Balaban J connectivity index is 1.31. The number of fused-ring (bicyclic) bond motifs is 1. The smallest absolute Gasteiger partial charge is 0.237 e. The summed E-state index contributed by atoms with van der Waals surface area (Å²) in [4.78, 5) is 26.8. The van der Waals surface area contributed by atoms with E-state index in [9.17, 15) is 9.59 Å². The minimum atomic E-state index is -0.462. The molecule has 0 saturated carbocycles. The van der Waals surface area contributed by atoms with Crippen molar-refractivity contribution in [3.8, 4) is 0 Å². The van der Waals surface area contributed by atoms with Crippen molar-refractivity contribution in [3.63, 3.8) is 0 Å². The van der Waals surface area contributed by atoms with Gasteiger partial charge in [0.25, 0.3) is 0 Å². The Morgan fingerprint density at radius 3 is 3.00 bits per heavy atom. The number of amides is 2. The number of piperazine rings is 1. The quantitative estimate of drug-likeness (QED) is 0.654. The fraction of sp³-hybridized carbons (Fsp3) is 0.333. The Bertz CT molecular complexity index is 948. The lowest BCUT2D eigenvalue weighted by Gasteiger charge is -2.34. The number of carbonyl (C=O) groups is 2. The number of nitrogens with one attached hydrogen (secondary N) is 2. The standard InChI is InChI=1S/C21H24N4O3/c26-20(22-7-10-24-9-5-17-3-1-2-4-18(17)24)13-19-21(27)23-8-11-25(19)14-16-6-12-28-15-16/h1-6,9,12,15,19H,7-8,10-11,13-14H2,(H,22,26)(H,23,27)/t19-/m0/s1. The van der Waals surface area contributed by atoms with E-state index >= 15 is 0 Å². The average molecular weight is 380 g/mol. The summed E-state index contributed by atoms with van der Waals surface area (Å²) < 4.78 is 7.23. The van der Waals surface area contributed by atoms with Gasteiger partial charge in [0.1, 0.15) is 0 Å². The molecule has 4 rings (SSSR count). The lowest BCUT2D eigenvalue weighted by atomic mass is 10.1. The van der Waals surface area contributed by atoms with Gasteiger partial charge in [-0.2, -0.15) is 0 Å². The molecule has 1 aliphatic heterocycles. The predicted molar refractivity (Wildman–Crippen MR) is 105 cm³/mol. The number of benzene rings is 1. The fourth-order valence-corrected chi connectivity index (χ4v) is 3.69. The van der Waals surface area contributed by atoms with E-state index in [0.29, 0.717) is 32.7 Å². The molecule has 1 atom stereocenters. The van der Waals surface area contributed by atoms with Crippen molar-refractivity contribution >= 4 is 22.7 Å². The van der Waals surface area contributed by atoms with Gasteiger partial charge in [0.2, 0.25) is 11.8 Å². The van der Waals surface area contributed by atoms with Crippen LogP contribution >= 0.6 is 0 Å². The summed E-state index contributed by atoms with van der Waals surface area (Å²) in [6.45, 7) is 3.11. The van der Waals surface area contributed by atoms with Crippen LogP contribution in [0.4, 0.5) is 0 Å². The maximum absolute atomic E-state index is 12.5. The van der Waals surface area contributed by atoms with Crippen LogP contribution < -0.4 is 10.6 Å². The summed E-state index contributed by atoms with van der Waals surface area (Å²) in [7, 11) is 0. The van der Waals surface area contributed by atoms with E-state index in [-0.39, 0.29) is 18.2 Å². The van der Waals surface area contributed by atoms with Crippen LogP contribution in [0.5, 0.6) is 0 Å². The summed E-state index contributed by atoms with van der Waals surface area (Å²) in [6, 6.07) is 11.6. The molecule has 2 amide bonds. The van der Waals surface area contributed by atoms with E-state index < -0.39 is 6.04 Å². The van der Waals surface area contributed by atoms with Gasteiger partial charge in [-0.3, -0.25) is 14.5 Å². The number of rotatable bonds is 7. The van der Waals surface area contributed by atoms with Crippen LogP contribution in [0.1, 0.15) is 12.0 Å². The summed E-state index contributed by atoms with van der Waals surface area (Å²) >= 11 is 0. The van der Waals surface area contributed by atoms with Crippen molar-refractivity contribution in [1.29, 1.82) is 0 Å². The van der Waals surface area contributed by atoms with Gasteiger partial charge in [-0.25, -0.2) is 0 Å². The Labute approximate surface area is 163 Å². The largest absolute Gasteiger partial charge is 0.472 e. The molecule has 1 saturated heterocycles. The molecule has 146 valence electrons. The highest BCUT2D eigenvalue weighted by Crippen LogP contribution is 2.15. The molecule has 0 bridgehead atoms. The Morgan fingerprint density at radius 1 is 1.25 bits per heavy atom. The van der Waals surface area contributed by atoms with Gasteiger partial charge in [0.05, 0.1) is 25.0 Å². The number of hydrogen-bond acceptors (Lipinski definition) is 4. The molecule has 0 unspecified atom stereocenters. The predicted octanol–water partition coefficient (Wildman–Crippen LogP) is 1.74. The van der Waals surface area contributed by atoms with Crippen molar-refractivity contribution in [2.45, 2.75) is 25.6 Å². The zero-order valence-corrected chi connectivity index (χ0v) is 15.6. The second kappa shape index (κ2) is 8.31. The SMILES string of the molecule is O=C(C[C@H]1C(=O)NCCN1Cc1ccoc1)NCCn1ccc2ccccc21. The Morgan fingerprint density at radius 2 is 2.14 bits per heavy atom. The van der Waals surface area contributed by atoms with Crippen LogP contribution in [0.25, 0.3) is 10.9 Å². The van der Waals surface area contributed by atoms with Crippen LogP contribution in [0.3, 0.4) is 0 Å². The van der Waals surface area contributed by atoms with Crippen molar-refractivity contribution in [1.82, 2.24) is 20.1 Å². The first kappa shape index (κ1) is 18.3. The topological polar surface area (TPSA) is 79.5 Å². The molecule has 3 heterocycles. The molecule has 0 spiro atoms. The molecular weight excluding hydrogens is 356 g/mol. The van der Waals surface area contributed by atoms with E-state index in [0.717, 1.165) is 11.1 Å². The van der Waals surface area contributed by atoms with E-state index in [1.54, 1.807) is 12.5 Å². The molecule has 0 aliphatic carbocycles. The molecule has 7 nitrogen and oxygen atoms in total. The van der Waals surface area contributed by atoms with Crippen molar-refractivity contribution in [3.05, 3.63) is 60.7 Å². The van der Waals surface area contributed by atoms with Gasteiger partial charge in [0.15, 0.2) is 0 Å². The van der Waals surface area contributed by atoms with Gasteiger partial charge < -0.3 is 19.6 Å². The van der Waals surface area contributed by atoms with Crippen LogP contribution in [0, 0.1) is 0 Å². The average Bonchev–Trinajstić information content (AvgIpc) is 3.35. The lowest BCUT2D eigenvalue weighted by Crippen LogP contribution is -2.56. The van der Waals surface area contributed by atoms with Crippen LogP contribution in [-0.4, -0.2) is 47.0 Å². The van der Waals surface area contributed by atoms with E-state index in [1.165, 1.54) is 5.39 Å². The maximum atomic E-state index is 12.5. The number of furan rings is 1. The fourth-order valence-electron chi connectivity index (χ4n) is 3.69. The number of aromatic nitrogens is 1. The minimum Gasteiger partial charge on any atom is -0.472 e. The van der Waals surface area contributed by atoms with E-state index in [4.69, 9.17) is 4.42 Å². The second-order valence-electron chi connectivity index (χ2n) is 7.03. The minimum absolute atomic E-state index is 0.0960. The molecule has 3 aromatic rings. The molecule has 2 aromatic heterocycles. The van der Waals surface area contributed by atoms with Gasteiger partial charge in [0, 0.05) is 50.0 Å². The summed E-state index contributed by atoms with van der Waals surface area (Å²) in [5.41, 5.74) is 2.15. The molecule has 28 heavy (non-hydrogen) atoms. The number of hydrogen-bond donors (Lipinski definition) is 2. The highest BCUT2D eigenvalue weighted by molar-refractivity contribution is 5.88. The normalized spacial score (nSPS) is 17.6. The third kappa shape index (κ3) is 4.09. The zero-order valence-electron chi connectivity index (χ0n) is 15.6. The monoisotopic (exact) mass is 380 g/mol. The molecule has 7 heteroatoms. The van der Waals surface area contributed by atoms with Crippen molar-refractivity contribution in [2.24, 2.45) is 0 Å². The van der Waals surface area contributed by atoms with Crippen molar-refractivity contribution in [2.75, 3.05) is 19.6 Å². The Hall–Kier alpha value is -3.06. The lowest BCUT2D eigenvalue weighted by molar-refractivity contribution is -0.134. The van der Waals surface area contributed by atoms with Gasteiger partial charge in [-0.05, 0) is 23.6 Å². The van der Waals surface area contributed by atoms with Gasteiger partial charge in [-0.1, -0.05) is 18.2 Å². The van der Waals surface area contributed by atoms with Crippen LogP contribution in [0.15, 0.2) is 59.5 Å². The van der Waals surface area contributed by atoms with E-state index in [1.807, 2.05) is 29.3 Å². The summed E-state index contributed by atoms with van der Waals surface area (Å²) in [6.07, 6.45) is 5.46. The van der Waals surface area contributed by atoms with Crippen molar-refractivity contribution < 1.29 is 14.0 Å². The number of carbonyl (C=O) groups excluding carboxylic acids is 2. The third-order valence-electron chi connectivity index (χ3n) is 5.14. The van der Waals surface area contributed by atoms with E-state index in [2.05, 4.69) is 33.4 Å². The maximum Gasteiger partial charge on any atom is 0.237 e. The molecule has 2 N–H and O–H groups in total. The van der Waals surface area contributed by atoms with Crippen LogP contribution in [-0.2, 0) is 22.7 Å². The molecule has 1 aromatic carbocycles. The summed E-state index contributed by atoms with van der Waals surface area (Å²) in [5.74, 6) is -0.211. The number of para-hydroxylation sites is 1. The molecular formula is C21H24N4O3. The van der Waals surface area contributed by atoms with Gasteiger partial charge >= 0.3 is 0 Å². The Kier molecular flexibility index (Phi) is 5.43. The first-order valence-corrected chi connectivity index (χ1v) is 9.54. The highest BCUT2D eigenvalue weighted by Gasteiger charge is 2.31. The highest BCUT2D eigenvalue weighted by atomic mass is 16.3. The summed E-state index contributed by atoms with van der Waals surface area (Å²) in [5, 5.41) is 6.99. The van der Waals surface area contributed by atoms with Crippen LogP contribution in [0.2, 0.25) is 0 Å². The zero-order chi connectivity index (χ0) is 19.3. The first-order chi connectivity index (χ1) is 13.7. The first-order valence-electron chi connectivity index (χ1n) is 9.54. The molecule has 1 fully saturated rings. The number of nitrogens with zero attached hydrogens (tertiary/aromatic N) is 2. The molecule has 0 radical (unpaired) electrons.